The van der Waals surface area contributed by atoms with Gasteiger partial charge in [0.05, 0.1) is 23.0 Å². The number of benzene rings is 1. The fraction of sp³-hybridized carbons (Fsp3) is 0.571. The Morgan fingerprint density at radius 1 is 1.28 bits per heavy atom. The number of rotatable bonds is 4. The Hall–Kier alpha value is -0.930. The third-order valence-electron chi connectivity index (χ3n) is 3.96. The molecule has 0 amide bonds. The van der Waals surface area contributed by atoms with Gasteiger partial charge in [-0.1, -0.05) is 36.9 Å². The third kappa shape index (κ3) is 2.90. The van der Waals surface area contributed by atoms with Crippen molar-refractivity contribution < 1.29 is 5.11 Å². The number of nitrogens with two attached hydrogens (primary N) is 1. The second kappa shape index (κ2) is 5.81. The van der Waals surface area contributed by atoms with Gasteiger partial charge >= 0.3 is 0 Å². The summed E-state index contributed by atoms with van der Waals surface area (Å²) in [7, 11) is 0. The summed E-state index contributed by atoms with van der Waals surface area (Å²) in [5.41, 5.74) is 7.38. The zero-order valence-electron chi connectivity index (χ0n) is 10.6. The smallest absolute Gasteiger partial charge is 0.0739 e. The van der Waals surface area contributed by atoms with Crippen molar-refractivity contribution in [2.45, 2.75) is 32.1 Å². The molecule has 0 radical (unpaired) electrons. The molecule has 1 saturated carbocycles. The largest absolute Gasteiger partial charge is 0.396 e. The molecule has 0 spiro atoms. The van der Waals surface area contributed by atoms with Gasteiger partial charge in [-0.25, -0.2) is 0 Å². The molecule has 4 N–H and O–H groups in total. The molecular formula is C14H21ClN2O. The second-order valence-corrected chi connectivity index (χ2v) is 5.68. The van der Waals surface area contributed by atoms with E-state index in [2.05, 4.69) is 5.32 Å². The van der Waals surface area contributed by atoms with Crippen LogP contribution in [0.1, 0.15) is 32.1 Å². The van der Waals surface area contributed by atoms with Gasteiger partial charge in [0.15, 0.2) is 0 Å². The highest BCUT2D eigenvalue weighted by Crippen LogP contribution is 2.37. The van der Waals surface area contributed by atoms with Crippen molar-refractivity contribution in [2.24, 2.45) is 5.41 Å². The van der Waals surface area contributed by atoms with E-state index in [1.165, 1.54) is 19.3 Å². The molecule has 1 aromatic carbocycles. The van der Waals surface area contributed by atoms with E-state index in [4.69, 9.17) is 17.3 Å². The van der Waals surface area contributed by atoms with Crippen molar-refractivity contribution in [3.05, 3.63) is 23.2 Å². The van der Waals surface area contributed by atoms with Gasteiger partial charge in [-0.2, -0.15) is 0 Å². The Labute approximate surface area is 113 Å². The number of para-hydroxylation sites is 1. The summed E-state index contributed by atoms with van der Waals surface area (Å²) >= 11 is 5.99. The standard InChI is InChI=1S/C14H21ClN2O/c15-11-5-4-6-12(13(11)16)17-9-14(10-18)7-2-1-3-8-14/h4-6,17-18H,1-3,7-10,16H2. The van der Waals surface area contributed by atoms with Crippen LogP contribution in [0.5, 0.6) is 0 Å². The summed E-state index contributed by atoms with van der Waals surface area (Å²) in [6, 6.07) is 5.59. The van der Waals surface area contributed by atoms with E-state index in [0.717, 1.165) is 25.1 Å². The van der Waals surface area contributed by atoms with Gasteiger partial charge in [-0.05, 0) is 25.0 Å². The summed E-state index contributed by atoms with van der Waals surface area (Å²) in [6.45, 7) is 0.995. The average Bonchev–Trinajstić information content (AvgIpc) is 2.41. The quantitative estimate of drug-likeness (QED) is 0.735. The third-order valence-corrected chi connectivity index (χ3v) is 4.29. The van der Waals surface area contributed by atoms with Gasteiger partial charge < -0.3 is 16.2 Å². The summed E-state index contributed by atoms with van der Waals surface area (Å²) in [5.74, 6) is 0. The van der Waals surface area contributed by atoms with Crippen molar-refractivity contribution in [3.8, 4) is 0 Å². The predicted octanol–water partition coefficient (Wildman–Crippen LogP) is 3.28. The molecule has 1 aliphatic rings. The van der Waals surface area contributed by atoms with E-state index in [1.54, 1.807) is 6.07 Å². The zero-order chi connectivity index (χ0) is 13.0. The van der Waals surface area contributed by atoms with Gasteiger partial charge in [-0.3, -0.25) is 0 Å². The van der Waals surface area contributed by atoms with Crippen LogP contribution in [0.25, 0.3) is 0 Å². The lowest BCUT2D eigenvalue weighted by atomic mass is 9.74. The molecule has 0 atom stereocenters. The van der Waals surface area contributed by atoms with E-state index in [0.29, 0.717) is 10.7 Å². The van der Waals surface area contributed by atoms with Crippen LogP contribution in [-0.2, 0) is 0 Å². The maximum absolute atomic E-state index is 9.65. The number of hydrogen-bond acceptors (Lipinski definition) is 3. The Bertz CT molecular complexity index is 403. The Balaban J connectivity index is 2.03. The first-order valence-electron chi connectivity index (χ1n) is 6.56. The highest BCUT2D eigenvalue weighted by Gasteiger charge is 2.31. The maximum atomic E-state index is 9.65. The summed E-state index contributed by atoms with van der Waals surface area (Å²) < 4.78 is 0. The molecule has 4 heteroatoms. The van der Waals surface area contributed by atoms with Crippen LogP contribution in [0.3, 0.4) is 0 Å². The Kier molecular flexibility index (Phi) is 4.36. The fourth-order valence-electron chi connectivity index (χ4n) is 2.67. The van der Waals surface area contributed by atoms with Gasteiger partial charge in [0.1, 0.15) is 0 Å². The van der Waals surface area contributed by atoms with Crippen LogP contribution < -0.4 is 11.1 Å². The highest BCUT2D eigenvalue weighted by atomic mass is 35.5. The summed E-state index contributed by atoms with van der Waals surface area (Å²) in [6.07, 6.45) is 5.84. The number of nitrogens with one attached hydrogen (secondary N) is 1. The van der Waals surface area contributed by atoms with Gasteiger partial charge in [0.2, 0.25) is 0 Å². The van der Waals surface area contributed by atoms with Crippen molar-refractivity contribution >= 4 is 23.0 Å². The monoisotopic (exact) mass is 268 g/mol. The van der Waals surface area contributed by atoms with Crippen molar-refractivity contribution in [3.63, 3.8) is 0 Å². The number of hydrogen-bond donors (Lipinski definition) is 3. The van der Waals surface area contributed by atoms with Crippen molar-refractivity contribution in [2.75, 3.05) is 24.2 Å². The molecular weight excluding hydrogens is 248 g/mol. The van der Waals surface area contributed by atoms with Crippen LogP contribution in [0.15, 0.2) is 18.2 Å². The van der Waals surface area contributed by atoms with E-state index in [9.17, 15) is 5.11 Å². The molecule has 3 nitrogen and oxygen atoms in total. The fourth-order valence-corrected chi connectivity index (χ4v) is 2.84. The molecule has 100 valence electrons. The van der Waals surface area contributed by atoms with Gasteiger partial charge in [0.25, 0.3) is 0 Å². The minimum absolute atomic E-state index is 0.00695. The van der Waals surface area contributed by atoms with E-state index < -0.39 is 0 Å². The van der Waals surface area contributed by atoms with Crippen molar-refractivity contribution in [1.82, 2.24) is 0 Å². The minimum atomic E-state index is 0.00695. The number of nitrogen functional groups attached to an aromatic ring is 1. The lowest BCUT2D eigenvalue weighted by Crippen LogP contribution is -2.35. The first-order valence-corrected chi connectivity index (χ1v) is 6.93. The number of halogens is 1. The van der Waals surface area contributed by atoms with E-state index in [-0.39, 0.29) is 12.0 Å². The summed E-state index contributed by atoms with van der Waals surface area (Å²) in [4.78, 5) is 0. The van der Waals surface area contributed by atoms with Gasteiger partial charge in [-0.15, -0.1) is 0 Å². The maximum Gasteiger partial charge on any atom is 0.0739 e. The van der Waals surface area contributed by atoms with E-state index >= 15 is 0 Å². The van der Waals surface area contributed by atoms with Crippen LogP contribution in [0.4, 0.5) is 11.4 Å². The predicted molar refractivity (Wildman–Crippen MR) is 77.0 cm³/mol. The molecule has 0 heterocycles. The highest BCUT2D eigenvalue weighted by molar-refractivity contribution is 6.33. The first-order chi connectivity index (χ1) is 8.67. The summed E-state index contributed by atoms with van der Waals surface area (Å²) in [5, 5.41) is 13.6. The molecule has 0 aliphatic heterocycles. The van der Waals surface area contributed by atoms with Crippen molar-refractivity contribution in [1.29, 1.82) is 0 Å². The van der Waals surface area contributed by atoms with Crippen LogP contribution in [-0.4, -0.2) is 18.3 Å². The molecule has 0 aromatic heterocycles. The normalized spacial score (nSPS) is 18.6. The molecule has 18 heavy (non-hydrogen) atoms. The molecule has 0 bridgehead atoms. The second-order valence-electron chi connectivity index (χ2n) is 5.27. The lowest BCUT2D eigenvalue weighted by Gasteiger charge is -2.36. The zero-order valence-corrected chi connectivity index (χ0v) is 11.3. The van der Waals surface area contributed by atoms with E-state index in [1.807, 2.05) is 12.1 Å². The van der Waals surface area contributed by atoms with Crippen LogP contribution in [0, 0.1) is 5.41 Å². The van der Waals surface area contributed by atoms with Crippen LogP contribution >= 0.6 is 11.6 Å². The Morgan fingerprint density at radius 3 is 2.67 bits per heavy atom. The number of anilines is 2. The molecule has 1 fully saturated rings. The molecule has 0 saturated heterocycles. The van der Waals surface area contributed by atoms with Crippen LogP contribution in [0.2, 0.25) is 5.02 Å². The topological polar surface area (TPSA) is 58.3 Å². The van der Waals surface area contributed by atoms with Gasteiger partial charge in [0, 0.05) is 12.0 Å². The average molecular weight is 269 g/mol. The SMILES string of the molecule is Nc1c(Cl)cccc1NCC1(CO)CCCCC1. The molecule has 0 unspecified atom stereocenters. The number of aliphatic hydroxyl groups is 1. The first kappa shape index (κ1) is 13.5. The number of aliphatic hydroxyl groups excluding tert-OH is 1. The molecule has 1 aliphatic carbocycles. The lowest BCUT2D eigenvalue weighted by molar-refractivity contribution is 0.0944. The Morgan fingerprint density at radius 2 is 2.00 bits per heavy atom. The molecule has 1 aromatic rings. The molecule has 2 rings (SSSR count). The minimum Gasteiger partial charge on any atom is -0.396 e.